The number of likely N-dealkylation sites (tertiary alicyclic amines) is 2. The van der Waals surface area contributed by atoms with E-state index in [2.05, 4.69) is 84.3 Å². The lowest BCUT2D eigenvalue weighted by Gasteiger charge is -2.12. The summed E-state index contributed by atoms with van der Waals surface area (Å²) in [6.45, 7) is 16.0. The van der Waals surface area contributed by atoms with E-state index in [1.54, 1.807) is 0 Å². The van der Waals surface area contributed by atoms with E-state index < -0.39 is 0 Å². The summed E-state index contributed by atoms with van der Waals surface area (Å²) in [6, 6.07) is 21.8. The third kappa shape index (κ3) is 7.95. The summed E-state index contributed by atoms with van der Waals surface area (Å²) in [5.74, 6) is 1.67. The molecule has 2 heterocycles. The molecular formula is C27H42N2. The van der Waals surface area contributed by atoms with Gasteiger partial charge in [0.05, 0.1) is 0 Å². The first-order chi connectivity index (χ1) is 14.3. The highest BCUT2D eigenvalue weighted by Crippen LogP contribution is 2.26. The van der Waals surface area contributed by atoms with E-state index in [1.165, 1.54) is 69.7 Å². The number of hydrogen-bond acceptors (Lipinski definition) is 2. The molecular weight excluding hydrogens is 352 g/mol. The Balaban J connectivity index is 0.000000191. The Morgan fingerprint density at radius 1 is 0.724 bits per heavy atom. The van der Waals surface area contributed by atoms with Crippen molar-refractivity contribution in [2.45, 2.75) is 52.9 Å². The highest BCUT2D eigenvalue weighted by Gasteiger charge is 2.22. The Morgan fingerprint density at radius 2 is 1.28 bits per heavy atom. The van der Waals surface area contributed by atoms with Crippen molar-refractivity contribution < 1.29 is 0 Å². The van der Waals surface area contributed by atoms with E-state index in [4.69, 9.17) is 0 Å². The fraction of sp³-hybridized carbons (Fsp3) is 0.556. The first-order valence-electron chi connectivity index (χ1n) is 11.8. The number of hydrogen-bond donors (Lipinski definition) is 0. The van der Waals surface area contributed by atoms with Crippen LogP contribution in [-0.4, -0.2) is 49.1 Å². The van der Waals surface area contributed by atoms with E-state index in [1.807, 2.05) is 13.8 Å². The van der Waals surface area contributed by atoms with Crippen LogP contribution in [0, 0.1) is 5.92 Å². The Labute approximate surface area is 179 Å². The van der Waals surface area contributed by atoms with Crippen molar-refractivity contribution in [1.29, 1.82) is 0 Å². The molecule has 2 aromatic rings. The molecule has 2 saturated heterocycles. The van der Waals surface area contributed by atoms with Gasteiger partial charge in [0.25, 0.3) is 0 Å². The van der Waals surface area contributed by atoms with Crippen LogP contribution in [0.5, 0.6) is 0 Å². The highest BCUT2D eigenvalue weighted by molar-refractivity contribution is 5.21. The second kappa shape index (κ2) is 13.6. The first-order valence-corrected chi connectivity index (χ1v) is 11.8. The zero-order valence-corrected chi connectivity index (χ0v) is 19.2. The molecule has 160 valence electrons. The molecule has 2 nitrogen and oxygen atoms in total. The zero-order valence-electron chi connectivity index (χ0n) is 19.2. The van der Waals surface area contributed by atoms with Gasteiger partial charge in [0.15, 0.2) is 0 Å². The van der Waals surface area contributed by atoms with Crippen LogP contribution in [-0.2, 0) is 6.42 Å². The standard InChI is InChI=1S/C13H19N.C12H17N.C2H6/c1-2-14-9-8-13(11-14)10-12-6-4-3-5-7-12;1-2-13-9-8-12(10-13)11-6-4-3-5-7-11;1-2/h3-7,13H,2,8-11H2,1H3;3-7,12H,2,8-10H2,1H3;1-2H3. The molecule has 29 heavy (non-hydrogen) atoms. The van der Waals surface area contributed by atoms with Crippen molar-refractivity contribution in [3.63, 3.8) is 0 Å². The monoisotopic (exact) mass is 394 g/mol. The lowest BCUT2D eigenvalue weighted by atomic mass is 9.99. The van der Waals surface area contributed by atoms with Crippen LogP contribution in [0.4, 0.5) is 0 Å². The summed E-state index contributed by atoms with van der Waals surface area (Å²) in [6.07, 6.45) is 3.97. The summed E-state index contributed by atoms with van der Waals surface area (Å²) in [4.78, 5) is 5.07. The van der Waals surface area contributed by atoms with Crippen LogP contribution in [0.25, 0.3) is 0 Å². The molecule has 4 rings (SSSR count). The molecule has 0 aromatic heterocycles. The highest BCUT2D eigenvalue weighted by atomic mass is 15.1. The molecule has 0 radical (unpaired) electrons. The Bertz CT molecular complexity index is 640. The molecule has 0 bridgehead atoms. The zero-order chi connectivity index (χ0) is 20.9. The predicted octanol–water partition coefficient (Wildman–Crippen LogP) is 6.09. The summed E-state index contributed by atoms with van der Waals surface area (Å²) >= 11 is 0. The number of benzene rings is 2. The minimum absolute atomic E-state index is 0.779. The van der Waals surface area contributed by atoms with Crippen molar-refractivity contribution in [2.75, 3.05) is 39.3 Å². The van der Waals surface area contributed by atoms with Crippen LogP contribution in [0.15, 0.2) is 60.7 Å². The predicted molar refractivity (Wildman–Crippen MR) is 128 cm³/mol. The topological polar surface area (TPSA) is 6.48 Å². The third-order valence-corrected chi connectivity index (χ3v) is 6.17. The van der Waals surface area contributed by atoms with Crippen molar-refractivity contribution in [1.82, 2.24) is 9.80 Å². The quantitative estimate of drug-likeness (QED) is 0.605. The molecule has 2 atom stereocenters. The van der Waals surface area contributed by atoms with Gasteiger partial charge in [-0.15, -0.1) is 0 Å². The molecule has 2 fully saturated rings. The molecule has 2 unspecified atom stereocenters. The Kier molecular flexibility index (Phi) is 11.1. The van der Waals surface area contributed by atoms with E-state index in [9.17, 15) is 0 Å². The fourth-order valence-electron chi connectivity index (χ4n) is 4.43. The van der Waals surface area contributed by atoms with Crippen molar-refractivity contribution in [2.24, 2.45) is 5.92 Å². The minimum Gasteiger partial charge on any atom is -0.303 e. The van der Waals surface area contributed by atoms with Crippen LogP contribution in [0.3, 0.4) is 0 Å². The van der Waals surface area contributed by atoms with Crippen molar-refractivity contribution in [3.8, 4) is 0 Å². The van der Waals surface area contributed by atoms with E-state index in [0.717, 1.165) is 11.8 Å². The van der Waals surface area contributed by atoms with Gasteiger partial charge >= 0.3 is 0 Å². The average Bonchev–Trinajstić information content (AvgIpc) is 3.46. The summed E-state index contributed by atoms with van der Waals surface area (Å²) in [5.41, 5.74) is 3.01. The molecule has 0 saturated carbocycles. The van der Waals surface area contributed by atoms with Gasteiger partial charge in [0.2, 0.25) is 0 Å². The molecule has 2 aliphatic heterocycles. The molecule has 2 heteroatoms. The van der Waals surface area contributed by atoms with Gasteiger partial charge in [0.1, 0.15) is 0 Å². The smallest absolute Gasteiger partial charge is 0.00506 e. The second-order valence-electron chi connectivity index (χ2n) is 8.03. The van der Waals surface area contributed by atoms with Crippen LogP contribution in [0.2, 0.25) is 0 Å². The van der Waals surface area contributed by atoms with Gasteiger partial charge in [0, 0.05) is 13.1 Å². The molecule has 0 aliphatic carbocycles. The summed E-state index contributed by atoms with van der Waals surface area (Å²) in [5, 5.41) is 0. The third-order valence-electron chi connectivity index (χ3n) is 6.17. The average molecular weight is 395 g/mol. The Hall–Kier alpha value is -1.64. The number of rotatable bonds is 5. The number of nitrogens with zero attached hydrogens (tertiary/aromatic N) is 2. The van der Waals surface area contributed by atoms with Gasteiger partial charge in [-0.1, -0.05) is 88.4 Å². The molecule has 2 aliphatic rings. The minimum atomic E-state index is 0.779. The van der Waals surface area contributed by atoms with Gasteiger partial charge in [-0.3, -0.25) is 0 Å². The van der Waals surface area contributed by atoms with Gasteiger partial charge in [-0.2, -0.15) is 0 Å². The largest absolute Gasteiger partial charge is 0.303 e. The lowest BCUT2D eigenvalue weighted by Crippen LogP contribution is -2.20. The maximum atomic E-state index is 2.55. The normalized spacial score (nSPS) is 21.8. The first kappa shape index (κ1) is 23.6. The van der Waals surface area contributed by atoms with Gasteiger partial charge in [-0.25, -0.2) is 0 Å². The number of likely N-dealkylation sites (N-methyl/N-ethyl adjacent to an activating group) is 1. The fourth-order valence-corrected chi connectivity index (χ4v) is 4.43. The van der Waals surface area contributed by atoms with Crippen LogP contribution in [0.1, 0.15) is 57.6 Å². The maximum Gasteiger partial charge on any atom is 0.00506 e. The van der Waals surface area contributed by atoms with Gasteiger partial charge in [-0.05, 0) is 68.4 Å². The summed E-state index contributed by atoms with van der Waals surface area (Å²) in [7, 11) is 0. The maximum absolute atomic E-state index is 2.55. The molecule has 2 aromatic carbocycles. The second-order valence-corrected chi connectivity index (χ2v) is 8.03. The molecule has 0 amide bonds. The summed E-state index contributed by atoms with van der Waals surface area (Å²) < 4.78 is 0. The molecule has 0 N–H and O–H groups in total. The van der Waals surface area contributed by atoms with Crippen molar-refractivity contribution in [3.05, 3.63) is 71.8 Å². The van der Waals surface area contributed by atoms with E-state index in [-0.39, 0.29) is 0 Å². The van der Waals surface area contributed by atoms with E-state index in [0.29, 0.717) is 0 Å². The SMILES string of the molecule is CC.CCN1CCC(Cc2ccccc2)C1.CCN1CCC(c2ccccc2)C1. The van der Waals surface area contributed by atoms with E-state index >= 15 is 0 Å². The van der Waals surface area contributed by atoms with Crippen molar-refractivity contribution >= 4 is 0 Å². The molecule has 0 spiro atoms. The van der Waals surface area contributed by atoms with Crippen LogP contribution < -0.4 is 0 Å². The van der Waals surface area contributed by atoms with Crippen LogP contribution >= 0.6 is 0 Å². The van der Waals surface area contributed by atoms with Gasteiger partial charge < -0.3 is 9.80 Å². The Morgan fingerprint density at radius 3 is 1.83 bits per heavy atom. The lowest BCUT2D eigenvalue weighted by molar-refractivity contribution is 0.342.